The van der Waals surface area contributed by atoms with Crippen molar-refractivity contribution in [3.63, 3.8) is 0 Å². The van der Waals surface area contributed by atoms with Gasteiger partial charge in [-0.05, 0) is 48.4 Å². The Hall–Kier alpha value is -2.05. The number of benzene rings is 1. The molecule has 1 aliphatic rings. The Kier molecular flexibility index (Phi) is 3.57. The Labute approximate surface area is 129 Å². The van der Waals surface area contributed by atoms with E-state index in [2.05, 4.69) is 18.0 Å². The highest BCUT2D eigenvalue weighted by molar-refractivity contribution is 6.30. The molecule has 0 fully saturated rings. The number of aryl methyl sites for hydroxylation is 1. The van der Waals surface area contributed by atoms with Crippen molar-refractivity contribution in [2.75, 3.05) is 5.73 Å². The summed E-state index contributed by atoms with van der Waals surface area (Å²) in [5.41, 5.74) is 10.5. The Bertz CT molecular complexity index is 746. The van der Waals surface area contributed by atoms with Crippen molar-refractivity contribution in [3.05, 3.63) is 46.1 Å². The van der Waals surface area contributed by atoms with Gasteiger partial charge in [-0.1, -0.05) is 30.7 Å². The fourth-order valence-corrected chi connectivity index (χ4v) is 3.22. The van der Waals surface area contributed by atoms with Crippen LogP contribution < -0.4 is 5.73 Å². The zero-order chi connectivity index (χ0) is 15.0. The summed E-state index contributed by atoms with van der Waals surface area (Å²) in [6, 6.07) is 9.80. The number of halogens is 1. The second-order valence-corrected chi connectivity index (χ2v) is 6.08. The van der Waals surface area contributed by atoms with Crippen LogP contribution in [-0.2, 0) is 12.8 Å². The van der Waals surface area contributed by atoms with Crippen LogP contribution in [0.15, 0.2) is 24.3 Å². The molecule has 0 saturated carbocycles. The van der Waals surface area contributed by atoms with E-state index >= 15 is 0 Å². The molecule has 1 aromatic carbocycles. The lowest BCUT2D eigenvalue weighted by atomic mass is 9.82. The largest absolute Gasteiger partial charge is 0.383 e. The third-order valence-corrected chi connectivity index (χ3v) is 4.30. The van der Waals surface area contributed by atoms with Gasteiger partial charge < -0.3 is 5.73 Å². The Morgan fingerprint density at radius 1 is 1.43 bits per heavy atom. The minimum Gasteiger partial charge on any atom is -0.383 e. The highest BCUT2D eigenvalue weighted by Crippen LogP contribution is 2.37. The first kappa shape index (κ1) is 13.9. The standard InChI is InChI=1S/C17H16ClN3/c1-10-5-6-15-13(7-10)16(14(9-19)17(20)21-15)11-3-2-4-12(18)8-11/h2-4,8,10H,5-7H2,1H3,(H2,20,21). The van der Waals surface area contributed by atoms with Gasteiger partial charge in [0.1, 0.15) is 17.5 Å². The molecule has 4 heteroatoms. The van der Waals surface area contributed by atoms with Gasteiger partial charge in [0.05, 0.1) is 0 Å². The normalized spacial score (nSPS) is 17.1. The second-order valence-electron chi connectivity index (χ2n) is 5.64. The van der Waals surface area contributed by atoms with E-state index in [9.17, 15) is 5.26 Å². The van der Waals surface area contributed by atoms with Crippen LogP contribution in [0.25, 0.3) is 11.1 Å². The molecule has 106 valence electrons. The third kappa shape index (κ3) is 2.48. The van der Waals surface area contributed by atoms with Gasteiger partial charge in [0.25, 0.3) is 0 Å². The van der Waals surface area contributed by atoms with Gasteiger partial charge in [-0.3, -0.25) is 0 Å². The van der Waals surface area contributed by atoms with E-state index in [1.54, 1.807) is 0 Å². The van der Waals surface area contributed by atoms with Gasteiger partial charge in [0.2, 0.25) is 0 Å². The number of fused-ring (bicyclic) bond motifs is 1. The zero-order valence-corrected chi connectivity index (χ0v) is 12.6. The van der Waals surface area contributed by atoms with Crippen LogP contribution in [0, 0.1) is 17.2 Å². The van der Waals surface area contributed by atoms with E-state index in [0.29, 0.717) is 22.3 Å². The van der Waals surface area contributed by atoms with E-state index in [4.69, 9.17) is 17.3 Å². The molecule has 2 aromatic rings. The van der Waals surface area contributed by atoms with Crippen molar-refractivity contribution in [3.8, 4) is 17.2 Å². The molecule has 0 aliphatic heterocycles. The maximum Gasteiger partial charge on any atom is 0.142 e. The maximum absolute atomic E-state index is 9.49. The predicted molar refractivity (Wildman–Crippen MR) is 85.0 cm³/mol. The SMILES string of the molecule is CC1CCc2nc(N)c(C#N)c(-c3cccc(Cl)c3)c2C1. The number of hydrogen-bond acceptors (Lipinski definition) is 3. The van der Waals surface area contributed by atoms with Gasteiger partial charge >= 0.3 is 0 Å². The van der Waals surface area contributed by atoms with E-state index in [1.165, 1.54) is 0 Å². The second kappa shape index (κ2) is 5.38. The summed E-state index contributed by atoms with van der Waals surface area (Å²) < 4.78 is 0. The molecule has 0 amide bonds. The molecule has 1 unspecified atom stereocenters. The maximum atomic E-state index is 9.49. The van der Waals surface area contributed by atoms with Crippen molar-refractivity contribution < 1.29 is 0 Å². The van der Waals surface area contributed by atoms with Crippen LogP contribution in [0.1, 0.15) is 30.2 Å². The number of nitrogen functional groups attached to an aromatic ring is 1. The first-order valence-electron chi connectivity index (χ1n) is 7.07. The van der Waals surface area contributed by atoms with Gasteiger partial charge in [0.15, 0.2) is 0 Å². The quantitative estimate of drug-likeness (QED) is 0.866. The Morgan fingerprint density at radius 2 is 2.24 bits per heavy atom. The van der Waals surface area contributed by atoms with Crippen LogP contribution >= 0.6 is 11.6 Å². The van der Waals surface area contributed by atoms with Crippen LogP contribution in [0.3, 0.4) is 0 Å². The summed E-state index contributed by atoms with van der Waals surface area (Å²) in [6.07, 6.45) is 2.96. The van der Waals surface area contributed by atoms with Gasteiger partial charge in [0, 0.05) is 16.3 Å². The van der Waals surface area contributed by atoms with Gasteiger partial charge in [-0.2, -0.15) is 5.26 Å². The molecule has 0 radical (unpaired) electrons. The predicted octanol–water partition coefficient (Wildman–Crippen LogP) is 3.98. The summed E-state index contributed by atoms with van der Waals surface area (Å²) >= 11 is 6.11. The molecule has 1 aromatic heterocycles. The minimum atomic E-state index is 0.320. The fraction of sp³-hybridized carbons (Fsp3) is 0.294. The van der Waals surface area contributed by atoms with Crippen LogP contribution in [-0.4, -0.2) is 4.98 Å². The molecule has 3 nitrogen and oxygen atoms in total. The molecular formula is C17H16ClN3. The number of anilines is 1. The molecule has 0 saturated heterocycles. The number of nitrogens with zero attached hydrogens (tertiary/aromatic N) is 2. The third-order valence-electron chi connectivity index (χ3n) is 4.06. The highest BCUT2D eigenvalue weighted by atomic mass is 35.5. The fourth-order valence-electron chi connectivity index (χ4n) is 3.03. The van der Waals surface area contributed by atoms with E-state index in [-0.39, 0.29) is 0 Å². The van der Waals surface area contributed by atoms with E-state index < -0.39 is 0 Å². The van der Waals surface area contributed by atoms with Crippen molar-refractivity contribution in [2.24, 2.45) is 5.92 Å². The zero-order valence-electron chi connectivity index (χ0n) is 11.9. The van der Waals surface area contributed by atoms with Crippen molar-refractivity contribution in [1.82, 2.24) is 4.98 Å². The summed E-state index contributed by atoms with van der Waals surface area (Å²) in [5.74, 6) is 0.910. The van der Waals surface area contributed by atoms with Crippen molar-refractivity contribution >= 4 is 17.4 Å². The first-order valence-corrected chi connectivity index (χ1v) is 7.45. The summed E-state index contributed by atoms with van der Waals surface area (Å²) in [4.78, 5) is 4.45. The molecule has 3 rings (SSSR count). The van der Waals surface area contributed by atoms with Crippen molar-refractivity contribution in [2.45, 2.75) is 26.2 Å². The number of nitrogens with two attached hydrogens (primary N) is 1. The van der Waals surface area contributed by atoms with Crippen molar-refractivity contribution in [1.29, 1.82) is 5.26 Å². The number of pyridine rings is 1. The molecule has 2 N–H and O–H groups in total. The first-order chi connectivity index (χ1) is 10.1. The molecule has 0 bridgehead atoms. The average molecular weight is 298 g/mol. The molecule has 1 aliphatic carbocycles. The molecule has 1 atom stereocenters. The lowest BCUT2D eigenvalue weighted by molar-refractivity contribution is 0.495. The number of aromatic nitrogens is 1. The number of nitriles is 1. The molecule has 0 spiro atoms. The van der Waals surface area contributed by atoms with Crippen LogP contribution in [0.4, 0.5) is 5.82 Å². The lowest BCUT2D eigenvalue weighted by Gasteiger charge is -2.25. The molecule has 1 heterocycles. The summed E-state index contributed by atoms with van der Waals surface area (Å²) in [7, 11) is 0. The summed E-state index contributed by atoms with van der Waals surface area (Å²) in [5, 5.41) is 10.2. The van der Waals surface area contributed by atoms with E-state index in [0.717, 1.165) is 41.6 Å². The molecular weight excluding hydrogens is 282 g/mol. The lowest BCUT2D eigenvalue weighted by Crippen LogP contribution is -2.16. The Morgan fingerprint density at radius 3 is 2.95 bits per heavy atom. The Balaban J connectivity index is 2.31. The average Bonchev–Trinajstić information content (AvgIpc) is 2.46. The minimum absolute atomic E-state index is 0.320. The van der Waals surface area contributed by atoms with Gasteiger partial charge in [-0.25, -0.2) is 4.98 Å². The topological polar surface area (TPSA) is 62.7 Å². The van der Waals surface area contributed by atoms with Crippen LogP contribution in [0.2, 0.25) is 5.02 Å². The summed E-state index contributed by atoms with van der Waals surface area (Å²) in [6.45, 7) is 2.23. The van der Waals surface area contributed by atoms with Gasteiger partial charge in [-0.15, -0.1) is 0 Å². The highest BCUT2D eigenvalue weighted by Gasteiger charge is 2.24. The molecule has 21 heavy (non-hydrogen) atoms. The smallest absolute Gasteiger partial charge is 0.142 e. The van der Waals surface area contributed by atoms with Crippen LogP contribution in [0.5, 0.6) is 0 Å². The van der Waals surface area contributed by atoms with E-state index in [1.807, 2.05) is 24.3 Å². The number of rotatable bonds is 1. The number of hydrogen-bond donors (Lipinski definition) is 1. The monoisotopic (exact) mass is 297 g/mol.